The smallest absolute Gasteiger partial charge is 0.310 e. The topological polar surface area (TPSA) is 102 Å². The fraction of sp³-hybridized carbons (Fsp3) is 0.333. The van der Waals surface area contributed by atoms with Crippen LogP contribution in [0.4, 0.5) is 5.69 Å². The van der Waals surface area contributed by atoms with E-state index < -0.39 is 27.8 Å². The van der Waals surface area contributed by atoms with Crippen LogP contribution in [0.2, 0.25) is 5.02 Å². The van der Waals surface area contributed by atoms with Crippen LogP contribution in [0, 0.1) is 5.92 Å². The lowest BCUT2D eigenvalue weighted by molar-refractivity contribution is -0.145. The van der Waals surface area contributed by atoms with Crippen LogP contribution in [-0.4, -0.2) is 52.5 Å². The molecule has 2 rings (SSSR count). The second-order valence-electron chi connectivity index (χ2n) is 6.75. The van der Waals surface area contributed by atoms with Gasteiger partial charge in [0.2, 0.25) is 0 Å². The summed E-state index contributed by atoms with van der Waals surface area (Å²) in [7, 11) is -1.33. The maximum atomic E-state index is 12.9. The van der Waals surface area contributed by atoms with Crippen LogP contribution in [0.25, 0.3) is 0 Å². The van der Waals surface area contributed by atoms with E-state index in [1.54, 1.807) is 26.0 Å². The quantitative estimate of drug-likeness (QED) is 0.566. The first-order valence-electron chi connectivity index (χ1n) is 9.46. The van der Waals surface area contributed by atoms with Crippen LogP contribution in [0.3, 0.4) is 0 Å². The van der Waals surface area contributed by atoms with Crippen molar-refractivity contribution in [1.29, 1.82) is 0 Å². The number of anilines is 1. The van der Waals surface area contributed by atoms with E-state index in [2.05, 4.69) is 4.72 Å². The predicted octanol–water partition coefficient (Wildman–Crippen LogP) is 3.42. The molecule has 0 aliphatic heterocycles. The molecule has 10 heteroatoms. The number of carbonyl (C=O) groups is 2. The van der Waals surface area contributed by atoms with Crippen molar-refractivity contribution in [1.82, 2.24) is 4.90 Å². The van der Waals surface area contributed by atoms with Gasteiger partial charge in [0, 0.05) is 23.7 Å². The van der Waals surface area contributed by atoms with Crippen molar-refractivity contribution in [2.75, 3.05) is 32.0 Å². The Morgan fingerprint density at radius 1 is 1.16 bits per heavy atom. The van der Waals surface area contributed by atoms with Gasteiger partial charge in [0.25, 0.3) is 15.9 Å². The third kappa shape index (κ3) is 6.11. The first-order valence-corrected chi connectivity index (χ1v) is 11.3. The number of hydrogen-bond acceptors (Lipinski definition) is 6. The molecule has 0 aliphatic carbocycles. The second kappa shape index (κ2) is 10.5. The van der Waals surface area contributed by atoms with Gasteiger partial charge in [-0.05, 0) is 43.3 Å². The van der Waals surface area contributed by atoms with Crippen molar-refractivity contribution in [3.63, 3.8) is 0 Å². The number of esters is 1. The molecule has 1 unspecified atom stereocenters. The van der Waals surface area contributed by atoms with E-state index >= 15 is 0 Å². The molecular weight excluding hydrogens is 444 g/mol. The molecule has 0 aliphatic rings. The summed E-state index contributed by atoms with van der Waals surface area (Å²) in [5.74, 6) is -1.04. The molecule has 2 aromatic rings. The molecule has 0 fully saturated rings. The Hall–Kier alpha value is -2.78. The van der Waals surface area contributed by atoms with Gasteiger partial charge in [-0.25, -0.2) is 8.42 Å². The molecule has 1 N–H and O–H groups in total. The van der Waals surface area contributed by atoms with Crippen LogP contribution in [-0.2, 0) is 19.6 Å². The van der Waals surface area contributed by atoms with Crippen molar-refractivity contribution in [3.05, 3.63) is 53.1 Å². The lowest BCUT2D eigenvalue weighted by Gasteiger charge is -2.23. The van der Waals surface area contributed by atoms with Crippen molar-refractivity contribution >= 4 is 39.2 Å². The molecule has 31 heavy (non-hydrogen) atoms. The highest BCUT2D eigenvalue weighted by molar-refractivity contribution is 7.92. The van der Waals surface area contributed by atoms with E-state index in [-0.39, 0.29) is 22.7 Å². The molecule has 2 aromatic carbocycles. The summed E-state index contributed by atoms with van der Waals surface area (Å²) in [4.78, 5) is 26.0. The molecule has 0 spiro atoms. The average Bonchev–Trinajstić information content (AvgIpc) is 2.76. The number of amides is 1. The van der Waals surface area contributed by atoms with Gasteiger partial charge in [-0.15, -0.1) is 0 Å². The SMILES string of the molecule is CCN(CC(C)C(=O)OC)C(=O)c1cccc(S(=O)(=O)Nc2cc(Cl)ccc2OC)c1. The number of hydrogen-bond donors (Lipinski definition) is 1. The highest BCUT2D eigenvalue weighted by Gasteiger charge is 2.23. The third-order valence-corrected chi connectivity index (χ3v) is 6.16. The number of nitrogens with one attached hydrogen (secondary N) is 1. The van der Waals surface area contributed by atoms with E-state index in [1.165, 1.54) is 49.5 Å². The maximum absolute atomic E-state index is 12.9. The largest absolute Gasteiger partial charge is 0.495 e. The van der Waals surface area contributed by atoms with Gasteiger partial charge in [0.05, 0.1) is 30.7 Å². The van der Waals surface area contributed by atoms with Crippen molar-refractivity contribution < 1.29 is 27.5 Å². The lowest BCUT2D eigenvalue weighted by atomic mass is 10.1. The normalized spacial score (nSPS) is 12.0. The minimum atomic E-state index is -4.03. The van der Waals surface area contributed by atoms with E-state index in [4.69, 9.17) is 21.1 Å². The highest BCUT2D eigenvalue weighted by Crippen LogP contribution is 2.30. The molecule has 1 atom stereocenters. The summed E-state index contributed by atoms with van der Waals surface area (Å²) in [5, 5.41) is 0.334. The first-order chi connectivity index (χ1) is 14.6. The number of methoxy groups -OCH3 is 2. The van der Waals surface area contributed by atoms with Gasteiger partial charge in [0.1, 0.15) is 5.75 Å². The number of halogens is 1. The molecule has 0 saturated carbocycles. The number of nitrogens with zero attached hydrogens (tertiary/aromatic N) is 1. The monoisotopic (exact) mass is 468 g/mol. The van der Waals surface area contributed by atoms with Gasteiger partial charge in [-0.2, -0.15) is 0 Å². The minimum absolute atomic E-state index is 0.0996. The van der Waals surface area contributed by atoms with Gasteiger partial charge < -0.3 is 14.4 Å². The summed E-state index contributed by atoms with van der Waals surface area (Å²) in [6, 6.07) is 10.2. The van der Waals surface area contributed by atoms with Crippen molar-refractivity contribution in [3.8, 4) is 5.75 Å². The first kappa shape index (κ1) is 24.5. The molecule has 0 aromatic heterocycles. The van der Waals surface area contributed by atoms with E-state index in [9.17, 15) is 18.0 Å². The predicted molar refractivity (Wildman–Crippen MR) is 118 cm³/mol. The van der Waals surface area contributed by atoms with E-state index in [0.29, 0.717) is 17.3 Å². The number of ether oxygens (including phenoxy) is 2. The van der Waals surface area contributed by atoms with Crippen LogP contribution >= 0.6 is 11.6 Å². The summed E-state index contributed by atoms with van der Waals surface area (Å²) in [6.45, 7) is 3.92. The lowest BCUT2D eigenvalue weighted by Crippen LogP contribution is -2.37. The summed E-state index contributed by atoms with van der Waals surface area (Å²) in [5.41, 5.74) is 0.355. The number of carbonyl (C=O) groups excluding carboxylic acids is 2. The van der Waals surface area contributed by atoms with Crippen molar-refractivity contribution in [2.45, 2.75) is 18.7 Å². The molecule has 8 nitrogen and oxygen atoms in total. The summed E-state index contributed by atoms with van der Waals surface area (Å²) < 4.78 is 38.1. The number of sulfonamides is 1. The Morgan fingerprint density at radius 3 is 2.48 bits per heavy atom. The van der Waals surface area contributed by atoms with Crippen LogP contribution in [0.15, 0.2) is 47.4 Å². The Bertz CT molecular complexity index is 1060. The van der Waals surface area contributed by atoms with Gasteiger partial charge >= 0.3 is 5.97 Å². The molecule has 0 heterocycles. The van der Waals surface area contributed by atoms with Crippen LogP contribution in [0.1, 0.15) is 24.2 Å². The maximum Gasteiger partial charge on any atom is 0.310 e. The molecule has 0 radical (unpaired) electrons. The standard InChI is InChI=1S/C21H25ClN2O6S/c1-5-24(13-14(2)21(26)30-4)20(25)15-7-6-8-17(11-15)31(27,28)23-18-12-16(22)9-10-19(18)29-3/h6-12,14,23H,5,13H2,1-4H3. The zero-order valence-corrected chi connectivity index (χ0v) is 19.3. The molecule has 168 valence electrons. The zero-order chi connectivity index (χ0) is 23.2. The second-order valence-corrected chi connectivity index (χ2v) is 8.86. The third-order valence-electron chi connectivity index (χ3n) is 4.56. The van der Waals surface area contributed by atoms with E-state index in [0.717, 1.165) is 0 Å². The number of rotatable bonds is 9. The Kier molecular flexibility index (Phi) is 8.29. The average molecular weight is 469 g/mol. The Labute approximate surface area is 187 Å². The fourth-order valence-electron chi connectivity index (χ4n) is 2.90. The van der Waals surface area contributed by atoms with Gasteiger partial charge in [-0.3, -0.25) is 14.3 Å². The summed E-state index contributed by atoms with van der Waals surface area (Å²) >= 11 is 5.97. The molecule has 0 bridgehead atoms. The summed E-state index contributed by atoms with van der Waals surface area (Å²) in [6.07, 6.45) is 0. The van der Waals surface area contributed by atoms with Crippen LogP contribution < -0.4 is 9.46 Å². The zero-order valence-electron chi connectivity index (χ0n) is 17.7. The Balaban J connectivity index is 2.30. The van der Waals surface area contributed by atoms with Crippen LogP contribution in [0.5, 0.6) is 5.75 Å². The van der Waals surface area contributed by atoms with E-state index in [1.807, 2.05) is 0 Å². The number of benzene rings is 2. The minimum Gasteiger partial charge on any atom is -0.495 e. The molecule has 1 amide bonds. The molecule has 0 saturated heterocycles. The fourth-order valence-corrected chi connectivity index (χ4v) is 4.18. The van der Waals surface area contributed by atoms with Gasteiger partial charge in [-0.1, -0.05) is 24.6 Å². The van der Waals surface area contributed by atoms with Crippen molar-refractivity contribution in [2.24, 2.45) is 5.92 Å². The van der Waals surface area contributed by atoms with Gasteiger partial charge in [0.15, 0.2) is 0 Å². The molecular formula is C21H25ClN2O6S. The highest BCUT2D eigenvalue weighted by atomic mass is 35.5. The Morgan fingerprint density at radius 2 is 1.87 bits per heavy atom.